The molecule has 3 aromatic rings. The minimum atomic E-state index is -1.69. The van der Waals surface area contributed by atoms with Crippen molar-refractivity contribution in [3.05, 3.63) is 95.3 Å². The number of amides is 2. The number of hydrogen-bond acceptors (Lipinski definition) is 3. The third kappa shape index (κ3) is 5.38. The summed E-state index contributed by atoms with van der Waals surface area (Å²) in [7, 11) is 0. The molecule has 0 aliphatic carbocycles. The Morgan fingerprint density at radius 2 is 1.53 bits per heavy atom. The molecule has 0 unspecified atom stereocenters. The monoisotopic (exact) mass is 414 g/mol. The lowest BCUT2D eigenvalue weighted by molar-refractivity contribution is -0.115. The van der Waals surface area contributed by atoms with Crippen LogP contribution in [0.1, 0.15) is 15.9 Å². The van der Waals surface area contributed by atoms with Gasteiger partial charge < -0.3 is 15.4 Å². The molecule has 0 fully saturated rings. The van der Waals surface area contributed by atoms with Gasteiger partial charge in [0.05, 0.1) is 12.2 Å². The van der Waals surface area contributed by atoms with E-state index in [2.05, 4.69) is 10.6 Å². The number of benzene rings is 3. The summed E-state index contributed by atoms with van der Waals surface area (Å²) < 4.78 is 45.3. The van der Waals surface area contributed by atoms with Crippen LogP contribution in [0.15, 0.2) is 66.7 Å². The van der Waals surface area contributed by atoms with Crippen molar-refractivity contribution < 1.29 is 27.5 Å². The summed E-state index contributed by atoms with van der Waals surface area (Å²) in [6, 6.07) is 17.5. The Balaban J connectivity index is 1.49. The third-order valence-electron chi connectivity index (χ3n) is 4.08. The Morgan fingerprint density at radius 1 is 0.833 bits per heavy atom. The summed E-state index contributed by atoms with van der Waals surface area (Å²) in [5.41, 5.74) is 0.768. The number of nitrogens with one attached hydrogen (secondary N) is 2. The minimum absolute atomic E-state index is 0.286. The highest BCUT2D eigenvalue weighted by Crippen LogP contribution is 2.19. The molecule has 0 heterocycles. The van der Waals surface area contributed by atoms with Gasteiger partial charge >= 0.3 is 0 Å². The van der Waals surface area contributed by atoms with E-state index >= 15 is 0 Å². The molecule has 8 heteroatoms. The van der Waals surface area contributed by atoms with Gasteiger partial charge in [-0.25, -0.2) is 13.2 Å². The van der Waals surface area contributed by atoms with E-state index in [1.807, 2.05) is 30.3 Å². The van der Waals surface area contributed by atoms with Crippen LogP contribution in [-0.4, -0.2) is 18.4 Å². The quantitative estimate of drug-likeness (QED) is 0.573. The van der Waals surface area contributed by atoms with Crippen LogP contribution in [0.2, 0.25) is 0 Å². The second-order valence-electron chi connectivity index (χ2n) is 6.25. The molecule has 3 rings (SSSR count). The Morgan fingerprint density at radius 3 is 2.23 bits per heavy atom. The van der Waals surface area contributed by atoms with E-state index in [0.29, 0.717) is 18.4 Å². The number of halogens is 3. The lowest BCUT2D eigenvalue weighted by atomic mass is 10.2. The van der Waals surface area contributed by atoms with Crippen LogP contribution >= 0.6 is 0 Å². The van der Waals surface area contributed by atoms with Crippen molar-refractivity contribution in [3.63, 3.8) is 0 Å². The van der Waals surface area contributed by atoms with Gasteiger partial charge in [0.15, 0.2) is 17.5 Å². The molecule has 0 bridgehead atoms. The standard InChI is InChI=1S/C22H17F3N2O3/c23-17-10-11-18(21(25)20(17)24)27-19(28)12-26-22(29)15-6-8-16(9-7-15)30-13-14-4-2-1-3-5-14/h1-11H,12-13H2,(H,26,29)(H,27,28). The smallest absolute Gasteiger partial charge is 0.251 e. The second-order valence-corrected chi connectivity index (χ2v) is 6.25. The molecule has 0 aliphatic rings. The fourth-order valence-corrected chi connectivity index (χ4v) is 2.52. The maximum absolute atomic E-state index is 13.6. The van der Waals surface area contributed by atoms with E-state index in [0.717, 1.165) is 11.6 Å². The zero-order valence-electron chi connectivity index (χ0n) is 15.6. The number of hydrogen-bond donors (Lipinski definition) is 2. The summed E-state index contributed by atoms with van der Waals surface area (Å²) in [5, 5.41) is 4.43. The van der Waals surface area contributed by atoms with Gasteiger partial charge in [0.25, 0.3) is 5.91 Å². The average Bonchev–Trinajstić information content (AvgIpc) is 2.77. The SMILES string of the molecule is O=C(CNC(=O)c1ccc(OCc2ccccc2)cc1)Nc1ccc(F)c(F)c1F. The molecule has 0 saturated carbocycles. The molecule has 0 radical (unpaired) electrons. The first kappa shape index (κ1) is 20.9. The largest absolute Gasteiger partial charge is 0.489 e. The molecule has 2 amide bonds. The van der Waals surface area contributed by atoms with E-state index in [-0.39, 0.29) is 5.56 Å². The Labute approximate surface area is 170 Å². The maximum atomic E-state index is 13.6. The lowest BCUT2D eigenvalue weighted by Crippen LogP contribution is -2.33. The van der Waals surface area contributed by atoms with Gasteiger partial charge in [-0.3, -0.25) is 9.59 Å². The van der Waals surface area contributed by atoms with Crippen LogP contribution in [0.5, 0.6) is 5.75 Å². The zero-order chi connectivity index (χ0) is 21.5. The summed E-state index contributed by atoms with van der Waals surface area (Å²) in [6.45, 7) is -0.101. The van der Waals surface area contributed by atoms with E-state index in [1.165, 1.54) is 12.1 Å². The number of ether oxygens (including phenoxy) is 1. The molecule has 0 atom stereocenters. The van der Waals surface area contributed by atoms with Gasteiger partial charge in [0, 0.05) is 5.56 Å². The first-order valence-electron chi connectivity index (χ1n) is 8.92. The molecule has 0 aromatic heterocycles. The number of anilines is 1. The molecule has 154 valence electrons. The molecule has 30 heavy (non-hydrogen) atoms. The van der Waals surface area contributed by atoms with Crippen LogP contribution in [-0.2, 0) is 11.4 Å². The molecular formula is C22H17F3N2O3. The fourth-order valence-electron chi connectivity index (χ4n) is 2.52. The first-order valence-corrected chi connectivity index (χ1v) is 8.92. The average molecular weight is 414 g/mol. The predicted molar refractivity (Wildman–Crippen MR) is 104 cm³/mol. The van der Waals surface area contributed by atoms with E-state index in [9.17, 15) is 22.8 Å². The Hall–Kier alpha value is -3.81. The molecule has 2 N–H and O–H groups in total. The van der Waals surface area contributed by atoms with Gasteiger partial charge in [-0.2, -0.15) is 0 Å². The highest BCUT2D eigenvalue weighted by Gasteiger charge is 2.16. The summed E-state index contributed by atoms with van der Waals surface area (Å²) >= 11 is 0. The second kappa shape index (κ2) is 9.60. The number of carbonyl (C=O) groups excluding carboxylic acids is 2. The lowest BCUT2D eigenvalue weighted by Gasteiger charge is -2.09. The highest BCUT2D eigenvalue weighted by molar-refractivity contribution is 5.99. The van der Waals surface area contributed by atoms with Crippen LogP contribution in [0.3, 0.4) is 0 Å². The van der Waals surface area contributed by atoms with Crippen LogP contribution in [0.25, 0.3) is 0 Å². The summed E-state index contributed by atoms with van der Waals surface area (Å²) in [6.07, 6.45) is 0. The molecule has 0 aliphatic heterocycles. The first-order chi connectivity index (χ1) is 14.4. The van der Waals surface area contributed by atoms with Crippen molar-refractivity contribution in [2.75, 3.05) is 11.9 Å². The third-order valence-corrected chi connectivity index (χ3v) is 4.08. The van der Waals surface area contributed by atoms with E-state index in [4.69, 9.17) is 4.74 Å². The van der Waals surface area contributed by atoms with Gasteiger partial charge in [-0.1, -0.05) is 30.3 Å². The van der Waals surface area contributed by atoms with Crippen LogP contribution < -0.4 is 15.4 Å². The Bertz CT molecular complexity index is 1040. The van der Waals surface area contributed by atoms with Crippen molar-refractivity contribution in [2.45, 2.75) is 6.61 Å². The molecule has 5 nitrogen and oxygen atoms in total. The topological polar surface area (TPSA) is 67.4 Å². The molecular weight excluding hydrogens is 397 g/mol. The van der Waals surface area contributed by atoms with Crippen molar-refractivity contribution in [1.82, 2.24) is 5.32 Å². The van der Waals surface area contributed by atoms with Crippen molar-refractivity contribution >= 4 is 17.5 Å². The van der Waals surface area contributed by atoms with Crippen molar-refractivity contribution in [3.8, 4) is 5.75 Å². The normalized spacial score (nSPS) is 10.4. The van der Waals surface area contributed by atoms with Gasteiger partial charge in [-0.05, 0) is 42.0 Å². The van der Waals surface area contributed by atoms with Crippen LogP contribution in [0, 0.1) is 17.5 Å². The van der Waals surface area contributed by atoms with Crippen LogP contribution in [0.4, 0.5) is 18.9 Å². The fraction of sp³-hybridized carbons (Fsp3) is 0.0909. The Kier molecular flexibility index (Phi) is 6.69. The van der Waals surface area contributed by atoms with Gasteiger partial charge in [-0.15, -0.1) is 0 Å². The number of carbonyl (C=O) groups is 2. The van der Waals surface area contributed by atoms with Gasteiger partial charge in [0.2, 0.25) is 5.91 Å². The molecule has 0 spiro atoms. The van der Waals surface area contributed by atoms with Crippen molar-refractivity contribution in [2.24, 2.45) is 0 Å². The maximum Gasteiger partial charge on any atom is 0.251 e. The van der Waals surface area contributed by atoms with Crippen molar-refractivity contribution in [1.29, 1.82) is 0 Å². The highest BCUT2D eigenvalue weighted by atomic mass is 19.2. The molecule has 0 saturated heterocycles. The molecule has 3 aromatic carbocycles. The van der Waals surface area contributed by atoms with E-state index in [1.54, 1.807) is 12.1 Å². The summed E-state index contributed by atoms with van der Waals surface area (Å²) in [5.74, 6) is -5.33. The minimum Gasteiger partial charge on any atom is -0.489 e. The number of rotatable bonds is 7. The summed E-state index contributed by atoms with van der Waals surface area (Å²) in [4.78, 5) is 24.0. The zero-order valence-corrected chi connectivity index (χ0v) is 15.6. The van der Waals surface area contributed by atoms with E-state index < -0.39 is 41.5 Å². The predicted octanol–water partition coefficient (Wildman–Crippen LogP) is 4.05. The van der Waals surface area contributed by atoms with Gasteiger partial charge in [0.1, 0.15) is 12.4 Å².